The third kappa shape index (κ3) is 3.11. The van der Waals surface area contributed by atoms with E-state index in [9.17, 15) is 13.2 Å². The molecule has 8 heteroatoms. The first-order chi connectivity index (χ1) is 11.3. The Hall–Kier alpha value is -2.06. The Bertz CT molecular complexity index is 857. The number of amides is 1. The Morgan fingerprint density at radius 3 is 2.54 bits per heavy atom. The second-order valence-electron chi connectivity index (χ2n) is 5.85. The van der Waals surface area contributed by atoms with Crippen LogP contribution in [0.25, 0.3) is 0 Å². The summed E-state index contributed by atoms with van der Waals surface area (Å²) in [4.78, 5) is 12.6. The predicted octanol–water partition coefficient (Wildman–Crippen LogP) is 2.30. The van der Waals surface area contributed by atoms with Crippen molar-refractivity contribution < 1.29 is 22.7 Å². The number of hydrogen-bond acceptors (Lipinski definition) is 6. The highest BCUT2D eigenvalue weighted by Gasteiger charge is 2.34. The molecule has 0 aliphatic carbocycles. The van der Waals surface area contributed by atoms with Crippen molar-refractivity contribution in [1.29, 1.82) is 0 Å². The zero-order chi connectivity index (χ0) is 17.4. The largest absolute Gasteiger partial charge is 0.486 e. The van der Waals surface area contributed by atoms with E-state index in [1.165, 1.54) is 6.07 Å². The van der Waals surface area contributed by atoms with Gasteiger partial charge in [0.2, 0.25) is 5.91 Å². The highest BCUT2D eigenvalue weighted by Crippen LogP contribution is 2.35. The molecule has 1 aliphatic heterocycles. The quantitative estimate of drug-likeness (QED) is 0.897. The van der Waals surface area contributed by atoms with Crippen LogP contribution in [0.3, 0.4) is 0 Å². The smallest absolute Gasteiger partial charge is 0.273 e. The van der Waals surface area contributed by atoms with E-state index in [1.807, 2.05) is 0 Å². The molecular weight excluding hydrogens is 350 g/mol. The summed E-state index contributed by atoms with van der Waals surface area (Å²) in [6.45, 7) is 4.25. The van der Waals surface area contributed by atoms with Crippen LogP contribution in [0, 0.1) is 0 Å². The third-order valence-electron chi connectivity index (χ3n) is 3.82. The van der Waals surface area contributed by atoms with Crippen molar-refractivity contribution in [2.45, 2.75) is 23.5 Å². The molecule has 3 rings (SSSR count). The molecule has 0 saturated carbocycles. The predicted molar refractivity (Wildman–Crippen MR) is 90.1 cm³/mol. The molecule has 2 heterocycles. The van der Waals surface area contributed by atoms with Crippen molar-refractivity contribution in [3.8, 4) is 11.5 Å². The lowest BCUT2D eigenvalue weighted by Gasteiger charge is -2.26. The summed E-state index contributed by atoms with van der Waals surface area (Å²) in [6, 6.07) is 8.26. The Labute approximate surface area is 144 Å². The molecule has 1 aliphatic rings. The van der Waals surface area contributed by atoms with E-state index < -0.39 is 21.3 Å². The second-order valence-corrected chi connectivity index (χ2v) is 8.71. The maximum Gasteiger partial charge on any atom is 0.273 e. The average molecular weight is 367 g/mol. The number of carbonyl (C=O) groups excluding carboxylic acids is 1. The second kappa shape index (κ2) is 6.10. The van der Waals surface area contributed by atoms with E-state index in [2.05, 4.69) is 4.72 Å². The van der Waals surface area contributed by atoms with Crippen molar-refractivity contribution in [2.75, 3.05) is 13.2 Å². The zero-order valence-electron chi connectivity index (χ0n) is 13.2. The van der Waals surface area contributed by atoms with Gasteiger partial charge in [0.1, 0.15) is 17.4 Å². The Morgan fingerprint density at radius 1 is 1.17 bits per heavy atom. The van der Waals surface area contributed by atoms with Gasteiger partial charge >= 0.3 is 0 Å². The molecule has 1 aromatic heterocycles. The minimum atomic E-state index is -3.86. The SMILES string of the molecule is CC(C)(C(=O)NS(=O)(=O)c1cccs1)c1ccc2c(c1)OCCO2. The van der Waals surface area contributed by atoms with Gasteiger partial charge < -0.3 is 9.47 Å². The lowest BCUT2D eigenvalue weighted by atomic mass is 9.84. The van der Waals surface area contributed by atoms with Crippen LogP contribution < -0.4 is 14.2 Å². The molecule has 0 unspecified atom stereocenters. The van der Waals surface area contributed by atoms with Crippen molar-refractivity contribution in [1.82, 2.24) is 4.72 Å². The van der Waals surface area contributed by atoms with E-state index in [0.29, 0.717) is 30.3 Å². The van der Waals surface area contributed by atoms with Crippen LogP contribution in [0.2, 0.25) is 0 Å². The lowest BCUT2D eigenvalue weighted by molar-refractivity contribution is -0.123. The minimum Gasteiger partial charge on any atom is -0.486 e. The summed E-state index contributed by atoms with van der Waals surface area (Å²) in [6.07, 6.45) is 0. The molecule has 1 N–H and O–H groups in total. The van der Waals surface area contributed by atoms with E-state index >= 15 is 0 Å². The van der Waals surface area contributed by atoms with Gasteiger partial charge in [0.25, 0.3) is 10.0 Å². The summed E-state index contributed by atoms with van der Waals surface area (Å²) in [7, 11) is -3.86. The number of rotatable bonds is 4. The molecule has 6 nitrogen and oxygen atoms in total. The maximum absolute atomic E-state index is 12.6. The van der Waals surface area contributed by atoms with Gasteiger partial charge in [0, 0.05) is 0 Å². The van der Waals surface area contributed by atoms with Crippen LogP contribution >= 0.6 is 11.3 Å². The lowest BCUT2D eigenvalue weighted by Crippen LogP contribution is -2.42. The van der Waals surface area contributed by atoms with E-state index in [1.54, 1.807) is 43.5 Å². The number of carbonyl (C=O) groups is 1. The van der Waals surface area contributed by atoms with Crippen LogP contribution in [-0.4, -0.2) is 27.5 Å². The summed E-state index contributed by atoms with van der Waals surface area (Å²) < 4.78 is 37.7. The molecule has 0 fully saturated rings. The van der Waals surface area contributed by atoms with E-state index in [-0.39, 0.29) is 4.21 Å². The molecule has 0 saturated heterocycles. The molecule has 1 aromatic carbocycles. The van der Waals surface area contributed by atoms with Crippen molar-refractivity contribution in [3.63, 3.8) is 0 Å². The molecule has 0 atom stereocenters. The van der Waals surface area contributed by atoms with Crippen LogP contribution in [-0.2, 0) is 20.2 Å². The van der Waals surface area contributed by atoms with Gasteiger partial charge in [-0.05, 0) is 43.0 Å². The molecular formula is C16H17NO5S2. The first kappa shape index (κ1) is 16.8. The number of nitrogens with one attached hydrogen (secondary N) is 1. The topological polar surface area (TPSA) is 81.7 Å². The van der Waals surface area contributed by atoms with Gasteiger partial charge in [-0.15, -0.1) is 11.3 Å². The Kier molecular flexibility index (Phi) is 4.27. The standard InChI is InChI=1S/C16H17NO5S2/c1-16(2,11-5-6-12-13(10-11)22-8-7-21-12)15(18)17-24(19,20)14-4-3-9-23-14/h3-6,9-10H,7-8H2,1-2H3,(H,17,18). The normalized spacial score (nSPS) is 14.2. The zero-order valence-corrected chi connectivity index (χ0v) is 14.9. The molecule has 2 aromatic rings. The summed E-state index contributed by atoms with van der Waals surface area (Å²) in [5.74, 6) is 0.570. The monoisotopic (exact) mass is 367 g/mol. The van der Waals surface area contributed by atoms with Gasteiger partial charge in [-0.3, -0.25) is 4.79 Å². The number of benzene rings is 1. The maximum atomic E-state index is 12.6. The average Bonchev–Trinajstić information content (AvgIpc) is 3.09. The number of sulfonamides is 1. The van der Waals surface area contributed by atoms with Gasteiger partial charge in [-0.2, -0.15) is 0 Å². The first-order valence-corrected chi connectivity index (χ1v) is 9.68. The molecule has 128 valence electrons. The number of ether oxygens (including phenoxy) is 2. The van der Waals surface area contributed by atoms with Gasteiger partial charge in [0.05, 0.1) is 5.41 Å². The van der Waals surface area contributed by atoms with Crippen LogP contribution in [0.15, 0.2) is 39.9 Å². The summed E-state index contributed by atoms with van der Waals surface area (Å²) in [5.41, 5.74) is -0.411. The molecule has 0 radical (unpaired) electrons. The summed E-state index contributed by atoms with van der Waals surface area (Å²) >= 11 is 1.06. The number of fused-ring (bicyclic) bond motifs is 1. The fraction of sp³-hybridized carbons (Fsp3) is 0.312. The number of hydrogen-bond donors (Lipinski definition) is 1. The van der Waals surface area contributed by atoms with Crippen LogP contribution in [0.5, 0.6) is 11.5 Å². The van der Waals surface area contributed by atoms with Crippen molar-refractivity contribution in [2.24, 2.45) is 0 Å². The van der Waals surface area contributed by atoms with Crippen LogP contribution in [0.1, 0.15) is 19.4 Å². The van der Waals surface area contributed by atoms with E-state index in [4.69, 9.17) is 9.47 Å². The van der Waals surface area contributed by atoms with E-state index in [0.717, 1.165) is 11.3 Å². The number of thiophene rings is 1. The van der Waals surface area contributed by atoms with Gasteiger partial charge in [-0.25, -0.2) is 13.1 Å². The molecule has 0 spiro atoms. The van der Waals surface area contributed by atoms with Crippen LogP contribution in [0.4, 0.5) is 0 Å². The third-order valence-corrected chi connectivity index (χ3v) is 6.55. The molecule has 1 amide bonds. The highest BCUT2D eigenvalue weighted by molar-refractivity contribution is 7.92. The molecule has 0 bridgehead atoms. The van der Waals surface area contributed by atoms with Gasteiger partial charge in [-0.1, -0.05) is 12.1 Å². The fourth-order valence-corrected chi connectivity index (χ4v) is 4.38. The highest BCUT2D eigenvalue weighted by atomic mass is 32.2. The fourth-order valence-electron chi connectivity index (χ4n) is 2.28. The van der Waals surface area contributed by atoms with Crippen molar-refractivity contribution in [3.05, 3.63) is 41.3 Å². The summed E-state index contributed by atoms with van der Waals surface area (Å²) in [5, 5.41) is 1.64. The van der Waals surface area contributed by atoms with Crippen molar-refractivity contribution >= 4 is 27.3 Å². The van der Waals surface area contributed by atoms with Gasteiger partial charge in [0.15, 0.2) is 11.5 Å². The Morgan fingerprint density at radius 2 is 1.88 bits per heavy atom. The minimum absolute atomic E-state index is 0.105. The Balaban J connectivity index is 1.86. The first-order valence-electron chi connectivity index (χ1n) is 7.31. The molecule has 24 heavy (non-hydrogen) atoms.